The summed E-state index contributed by atoms with van der Waals surface area (Å²) >= 11 is 6.24. The van der Waals surface area contributed by atoms with Crippen molar-refractivity contribution in [2.75, 3.05) is 35.8 Å². The summed E-state index contributed by atoms with van der Waals surface area (Å²) in [5.74, 6) is -0.0742. The Morgan fingerprint density at radius 2 is 1.85 bits per heavy atom. The van der Waals surface area contributed by atoms with Crippen LogP contribution in [0.4, 0.5) is 17.1 Å². The summed E-state index contributed by atoms with van der Waals surface area (Å²) in [6.45, 7) is 0.735. The van der Waals surface area contributed by atoms with Gasteiger partial charge in [0, 0.05) is 38.3 Å². The van der Waals surface area contributed by atoms with Gasteiger partial charge in [-0.25, -0.2) is 0 Å². The van der Waals surface area contributed by atoms with Crippen LogP contribution in [-0.2, 0) is 4.79 Å². The number of amides is 2. The van der Waals surface area contributed by atoms with Crippen molar-refractivity contribution in [3.05, 3.63) is 53.1 Å². The van der Waals surface area contributed by atoms with Gasteiger partial charge in [-0.15, -0.1) is 0 Å². The van der Waals surface area contributed by atoms with Gasteiger partial charge in [-0.05, 0) is 49.2 Å². The first kappa shape index (κ1) is 18.3. The third-order valence-corrected chi connectivity index (χ3v) is 4.75. The van der Waals surface area contributed by atoms with Crippen LogP contribution < -0.4 is 15.1 Å². The largest absolute Gasteiger partial charge is 0.375 e. The average molecular weight is 372 g/mol. The average Bonchev–Trinajstić information content (AvgIpc) is 2.62. The van der Waals surface area contributed by atoms with E-state index in [2.05, 4.69) is 5.32 Å². The predicted octanol–water partition coefficient (Wildman–Crippen LogP) is 4.18. The fourth-order valence-corrected chi connectivity index (χ4v) is 3.48. The van der Waals surface area contributed by atoms with E-state index in [1.165, 1.54) is 0 Å². The summed E-state index contributed by atoms with van der Waals surface area (Å²) < 4.78 is 0. The van der Waals surface area contributed by atoms with Gasteiger partial charge >= 0.3 is 0 Å². The van der Waals surface area contributed by atoms with E-state index in [1.807, 2.05) is 37.2 Å². The molecular formula is C20H22ClN3O2. The summed E-state index contributed by atoms with van der Waals surface area (Å²) in [6.07, 6.45) is 2.55. The number of rotatable bonds is 4. The van der Waals surface area contributed by atoms with Crippen LogP contribution in [0.15, 0.2) is 42.5 Å². The molecule has 1 heterocycles. The van der Waals surface area contributed by atoms with E-state index in [0.29, 0.717) is 22.7 Å². The van der Waals surface area contributed by atoms with Crippen LogP contribution in [0, 0.1) is 0 Å². The molecule has 0 aliphatic carbocycles. The lowest BCUT2D eigenvalue weighted by Crippen LogP contribution is -2.35. The minimum absolute atomic E-state index is 0.142. The molecule has 0 radical (unpaired) electrons. The van der Waals surface area contributed by atoms with Gasteiger partial charge < -0.3 is 15.1 Å². The molecule has 6 heteroatoms. The molecule has 0 aromatic heterocycles. The molecule has 1 N–H and O–H groups in total. The highest BCUT2D eigenvalue weighted by atomic mass is 35.5. The number of nitrogens with zero attached hydrogens (tertiary/aromatic N) is 2. The first-order valence-corrected chi connectivity index (χ1v) is 9.03. The lowest BCUT2D eigenvalue weighted by atomic mass is 10.1. The van der Waals surface area contributed by atoms with E-state index in [4.69, 9.17) is 11.6 Å². The molecule has 136 valence electrons. The third-order valence-electron chi connectivity index (χ3n) is 4.45. The molecule has 2 aromatic carbocycles. The van der Waals surface area contributed by atoms with Gasteiger partial charge in [-0.2, -0.15) is 0 Å². The highest BCUT2D eigenvalue weighted by molar-refractivity contribution is 6.34. The molecule has 3 rings (SSSR count). The topological polar surface area (TPSA) is 52.7 Å². The van der Waals surface area contributed by atoms with E-state index >= 15 is 0 Å². The number of carbonyl (C=O) groups is 2. The van der Waals surface area contributed by atoms with Gasteiger partial charge in [-0.1, -0.05) is 17.7 Å². The van der Waals surface area contributed by atoms with Gasteiger partial charge in [0.2, 0.25) is 5.91 Å². The number of carbonyl (C=O) groups excluding carboxylic acids is 2. The van der Waals surface area contributed by atoms with Gasteiger partial charge in [0.15, 0.2) is 0 Å². The van der Waals surface area contributed by atoms with Crippen molar-refractivity contribution in [1.29, 1.82) is 0 Å². The quantitative estimate of drug-likeness (QED) is 0.877. The molecule has 0 spiro atoms. The normalized spacial score (nSPS) is 14.3. The Kier molecular flexibility index (Phi) is 5.47. The zero-order valence-electron chi connectivity index (χ0n) is 15.0. The second-order valence-electron chi connectivity index (χ2n) is 6.53. The second-order valence-corrected chi connectivity index (χ2v) is 6.94. The predicted molar refractivity (Wildman–Crippen MR) is 106 cm³/mol. The molecule has 5 nitrogen and oxygen atoms in total. The van der Waals surface area contributed by atoms with E-state index in [0.717, 1.165) is 30.8 Å². The number of nitrogens with one attached hydrogen (secondary N) is 1. The van der Waals surface area contributed by atoms with Crippen molar-refractivity contribution in [1.82, 2.24) is 0 Å². The molecule has 1 aliphatic rings. The number of para-hydroxylation sites is 1. The Labute approximate surface area is 158 Å². The number of anilines is 3. The van der Waals surface area contributed by atoms with E-state index in [1.54, 1.807) is 29.2 Å². The number of hydrogen-bond acceptors (Lipinski definition) is 3. The van der Waals surface area contributed by atoms with Gasteiger partial charge in [0.1, 0.15) is 0 Å². The number of hydrogen-bond donors (Lipinski definition) is 1. The minimum Gasteiger partial charge on any atom is -0.375 e. The number of piperidine rings is 1. The van der Waals surface area contributed by atoms with Crippen molar-refractivity contribution in [3.63, 3.8) is 0 Å². The van der Waals surface area contributed by atoms with Crippen LogP contribution >= 0.6 is 11.6 Å². The smallest absolute Gasteiger partial charge is 0.255 e. The lowest BCUT2D eigenvalue weighted by Gasteiger charge is -2.26. The molecule has 1 saturated heterocycles. The molecule has 0 saturated carbocycles. The van der Waals surface area contributed by atoms with Crippen molar-refractivity contribution >= 4 is 40.5 Å². The Morgan fingerprint density at radius 3 is 2.50 bits per heavy atom. The van der Waals surface area contributed by atoms with Crippen molar-refractivity contribution in [2.45, 2.75) is 19.3 Å². The second kappa shape index (κ2) is 7.79. The highest BCUT2D eigenvalue weighted by Crippen LogP contribution is 2.32. The Bertz CT molecular complexity index is 818. The first-order valence-electron chi connectivity index (χ1n) is 8.65. The van der Waals surface area contributed by atoms with Gasteiger partial charge in [0.25, 0.3) is 5.91 Å². The SMILES string of the molecule is CN(C)c1c(Cl)cccc1NC(=O)c1ccc(N2CCCCC2=O)cc1. The van der Waals surface area contributed by atoms with E-state index in [-0.39, 0.29) is 11.8 Å². The first-order chi connectivity index (χ1) is 12.5. The minimum atomic E-state index is -0.216. The molecule has 26 heavy (non-hydrogen) atoms. The van der Waals surface area contributed by atoms with Crippen LogP contribution in [0.25, 0.3) is 0 Å². The van der Waals surface area contributed by atoms with Crippen molar-refractivity contribution < 1.29 is 9.59 Å². The molecule has 1 fully saturated rings. The summed E-state index contributed by atoms with van der Waals surface area (Å²) in [5.41, 5.74) is 2.78. The van der Waals surface area contributed by atoms with Crippen LogP contribution in [-0.4, -0.2) is 32.5 Å². The standard InChI is InChI=1S/C20H22ClN3O2/c1-23(2)19-16(21)6-5-7-17(19)22-20(26)14-9-11-15(12-10-14)24-13-4-3-8-18(24)25/h5-7,9-12H,3-4,8,13H2,1-2H3,(H,22,26). The molecular weight excluding hydrogens is 350 g/mol. The summed E-state index contributed by atoms with van der Waals surface area (Å²) in [5, 5.41) is 3.49. The maximum atomic E-state index is 12.6. The van der Waals surface area contributed by atoms with Crippen LogP contribution in [0.2, 0.25) is 5.02 Å². The van der Waals surface area contributed by atoms with Crippen molar-refractivity contribution in [3.8, 4) is 0 Å². The molecule has 0 atom stereocenters. The van der Waals surface area contributed by atoms with Crippen molar-refractivity contribution in [2.24, 2.45) is 0 Å². The van der Waals surface area contributed by atoms with Gasteiger partial charge in [0.05, 0.1) is 16.4 Å². The molecule has 0 bridgehead atoms. The fourth-order valence-electron chi connectivity index (χ4n) is 3.14. The fraction of sp³-hybridized carbons (Fsp3) is 0.300. The Morgan fingerprint density at radius 1 is 1.12 bits per heavy atom. The monoisotopic (exact) mass is 371 g/mol. The zero-order chi connectivity index (χ0) is 18.7. The summed E-state index contributed by atoms with van der Waals surface area (Å²) in [7, 11) is 3.75. The van der Waals surface area contributed by atoms with E-state index < -0.39 is 0 Å². The van der Waals surface area contributed by atoms with Crippen LogP contribution in [0.1, 0.15) is 29.6 Å². The summed E-state index contributed by atoms with van der Waals surface area (Å²) in [4.78, 5) is 28.3. The Hall–Kier alpha value is -2.53. The van der Waals surface area contributed by atoms with Crippen LogP contribution in [0.3, 0.4) is 0 Å². The third kappa shape index (κ3) is 3.83. The van der Waals surface area contributed by atoms with Gasteiger partial charge in [-0.3, -0.25) is 9.59 Å². The maximum Gasteiger partial charge on any atom is 0.255 e. The maximum absolute atomic E-state index is 12.6. The molecule has 0 unspecified atom stereocenters. The number of halogens is 1. The zero-order valence-corrected chi connectivity index (χ0v) is 15.7. The van der Waals surface area contributed by atoms with Crippen LogP contribution in [0.5, 0.6) is 0 Å². The number of benzene rings is 2. The molecule has 1 aliphatic heterocycles. The summed E-state index contributed by atoms with van der Waals surface area (Å²) in [6, 6.07) is 12.5. The highest BCUT2D eigenvalue weighted by Gasteiger charge is 2.20. The molecule has 2 aromatic rings. The lowest BCUT2D eigenvalue weighted by molar-refractivity contribution is -0.119. The van der Waals surface area contributed by atoms with E-state index in [9.17, 15) is 9.59 Å². The molecule has 2 amide bonds. The Balaban J connectivity index is 1.77.